The molecule has 35 heavy (non-hydrogen) atoms. The number of methoxy groups -OCH3 is 1. The smallest absolute Gasteiger partial charge is 0.270 e. The van der Waals surface area contributed by atoms with Crippen LogP contribution in [0.25, 0.3) is 6.08 Å². The van der Waals surface area contributed by atoms with Crippen molar-refractivity contribution in [3.05, 3.63) is 91.9 Å². The number of carbonyl (C=O) groups is 2. The van der Waals surface area contributed by atoms with E-state index in [1.54, 1.807) is 24.3 Å². The summed E-state index contributed by atoms with van der Waals surface area (Å²) in [6.07, 6.45) is 1.52. The van der Waals surface area contributed by atoms with Gasteiger partial charge in [0, 0.05) is 14.5 Å². The fourth-order valence-corrected chi connectivity index (χ4v) is 4.98. The molecule has 178 valence electrons. The van der Waals surface area contributed by atoms with Crippen LogP contribution in [0.2, 0.25) is 0 Å². The zero-order valence-corrected chi connectivity index (χ0v) is 22.8. The number of anilines is 1. The van der Waals surface area contributed by atoms with Gasteiger partial charge in [-0.15, -0.1) is 0 Å². The van der Waals surface area contributed by atoms with Crippen LogP contribution in [0.15, 0.2) is 75.2 Å². The number of thiocarbonyl (C=S) groups is 1. The van der Waals surface area contributed by atoms with Gasteiger partial charge in [0.15, 0.2) is 16.6 Å². The predicted octanol–water partition coefficient (Wildman–Crippen LogP) is 5.94. The number of ether oxygens (including phenoxy) is 2. The molecule has 1 saturated heterocycles. The Hall–Kier alpha value is -3.01. The summed E-state index contributed by atoms with van der Waals surface area (Å²) in [4.78, 5) is 27.3. The minimum atomic E-state index is -0.552. The number of hydrogen-bond acceptors (Lipinski definition) is 5. The van der Waals surface area contributed by atoms with Crippen molar-refractivity contribution < 1.29 is 19.1 Å². The van der Waals surface area contributed by atoms with Crippen molar-refractivity contribution in [2.75, 3.05) is 12.0 Å². The van der Waals surface area contributed by atoms with Gasteiger partial charge in [0.25, 0.3) is 11.8 Å². The summed E-state index contributed by atoms with van der Waals surface area (Å²) in [5, 5.41) is 2.66. The first-order valence-electron chi connectivity index (χ1n) is 10.5. The Labute approximate surface area is 225 Å². The van der Waals surface area contributed by atoms with Crippen molar-refractivity contribution in [2.24, 2.45) is 0 Å². The van der Waals surface area contributed by atoms with Gasteiger partial charge in [-0.1, -0.05) is 62.2 Å². The van der Waals surface area contributed by atoms with Crippen molar-refractivity contribution in [1.82, 2.24) is 5.32 Å². The molecule has 0 spiro atoms. The third kappa shape index (κ3) is 5.47. The molecule has 6 nitrogen and oxygen atoms in total. The molecule has 9 heteroatoms. The number of halogens is 2. The number of rotatable bonds is 6. The first-order valence-corrected chi connectivity index (χ1v) is 12.5. The molecular formula is C26H20Br2N2O4S. The standard InChI is InChI=1S/C26H20Br2N2O4S/c1-15-5-3-4-6-21(15)30-25(32)19(24(31)29-26(30)35)11-16-7-10-22(23(12-16)33-2)34-14-17-8-9-18(27)13-20(17)28/h3-13H,14H2,1-2H3,(H,29,31,35)/b19-11+. The lowest BCUT2D eigenvalue weighted by Gasteiger charge is -2.30. The average molecular weight is 616 g/mol. The monoisotopic (exact) mass is 614 g/mol. The number of nitrogens with zero attached hydrogens (tertiary/aromatic N) is 1. The summed E-state index contributed by atoms with van der Waals surface area (Å²) < 4.78 is 13.3. The van der Waals surface area contributed by atoms with Crippen LogP contribution in [0.4, 0.5) is 5.69 Å². The first kappa shape index (κ1) is 25.1. The fourth-order valence-electron chi connectivity index (χ4n) is 3.54. The van der Waals surface area contributed by atoms with E-state index in [4.69, 9.17) is 21.7 Å². The number of hydrogen-bond donors (Lipinski definition) is 1. The highest BCUT2D eigenvalue weighted by Crippen LogP contribution is 2.32. The van der Waals surface area contributed by atoms with E-state index >= 15 is 0 Å². The number of nitrogens with one attached hydrogen (secondary N) is 1. The zero-order valence-electron chi connectivity index (χ0n) is 18.8. The molecule has 0 bridgehead atoms. The second kappa shape index (κ2) is 10.7. The Balaban J connectivity index is 1.60. The fraction of sp³-hybridized carbons (Fsp3) is 0.115. The first-order chi connectivity index (χ1) is 16.8. The maximum atomic E-state index is 13.3. The van der Waals surface area contributed by atoms with E-state index in [1.165, 1.54) is 18.1 Å². The summed E-state index contributed by atoms with van der Waals surface area (Å²) in [5.41, 5.74) is 3.03. The Kier molecular flexibility index (Phi) is 7.69. The van der Waals surface area contributed by atoms with E-state index in [1.807, 2.05) is 43.3 Å². The van der Waals surface area contributed by atoms with Crippen molar-refractivity contribution in [3.8, 4) is 11.5 Å². The number of para-hydroxylation sites is 1. The average Bonchev–Trinajstić information content (AvgIpc) is 2.82. The molecule has 3 aromatic rings. The van der Waals surface area contributed by atoms with Crippen LogP contribution in [0, 0.1) is 6.92 Å². The second-order valence-corrected chi connectivity index (χ2v) is 9.84. The highest BCUT2D eigenvalue weighted by molar-refractivity contribution is 9.11. The van der Waals surface area contributed by atoms with E-state index < -0.39 is 11.8 Å². The van der Waals surface area contributed by atoms with Gasteiger partial charge in [0.05, 0.1) is 12.8 Å². The Bertz CT molecular complexity index is 1370. The molecule has 0 saturated carbocycles. The van der Waals surface area contributed by atoms with Crippen LogP contribution >= 0.6 is 44.1 Å². The maximum Gasteiger partial charge on any atom is 0.270 e. The largest absolute Gasteiger partial charge is 0.493 e. The van der Waals surface area contributed by atoms with Crippen LogP contribution in [0.3, 0.4) is 0 Å². The van der Waals surface area contributed by atoms with Gasteiger partial charge in [0.1, 0.15) is 12.2 Å². The summed E-state index contributed by atoms with van der Waals surface area (Å²) in [6.45, 7) is 2.20. The molecule has 0 aliphatic carbocycles. The van der Waals surface area contributed by atoms with E-state index in [2.05, 4.69) is 37.2 Å². The van der Waals surface area contributed by atoms with Gasteiger partial charge in [-0.25, -0.2) is 0 Å². The summed E-state index contributed by atoms with van der Waals surface area (Å²) in [7, 11) is 1.53. The third-order valence-electron chi connectivity index (χ3n) is 5.36. The molecule has 0 radical (unpaired) electrons. The van der Waals surface area contributed by atoms with Crippen molar-refractivity contribution >= 4 is 72.8 Å². The topological polar surface area (TPSA) is 67.9 Å². The molecule has 3 aromatic carbocycles. The SMILES string of the molecule is COc1cc(/C=C2\C(=O)NC(=S)N(c3ccccc3C)C2=O)ccc1OCc1ccc(Br)cc1Br. The lowest BCUT2D eigenvalue weighted by atomic mass is 10.1. The predicted molar refractivity (Wildman–Crippen MR) is 147 cm³/mol. The van der Waals surface area contributed by atoms with E-state index in [-0.39, 0.29) is 10.7 Å². The number of benzene rings is 3. The molecule has 1 fully saturated rings. The zero-order chi connectivity index (χ0) is 25.1. The van der Waals surface area contributed by atoms with Gasteiger partial charge in [0.2, 0.25) is 0 Å². The van der Waals surface area contributed by atoms with Gasteiger partial charge < -0.3 is 9.47 Å². The number of carbonyl (C=O) groups excluding carboxylic acids is 2. The van der Waals surface area contributed by atoms with Gasteiger partial charge in [-0.05, 0) is 66.7 Å². The highest BCUT2D eigenvalue weighted by Gasteiger charge is 2.35. The molecule has 4 rings (SSSR count). The summed E-state index contributed by atoms with van der Waals surface area (Å²) in [6, 6.07) is 18.4. The minimum Gasteiger partial charge on any atom is -0.493 e. The Morgan fingerprint density at radius 2 is 1.80 bits per heavy atom. The molecule has 0 aromatic heterocycles. The van der Waals surface area contributed by atoms with Crippen LogP contribution in [-0.2, 0) is 16.2 Å². The highest BCUT2D eigenvalue weighted by atomic mass is 79.9. The molecule has 0 unspecified atom stereocenters. The second-order valence-electron chi connectivity index (χ2n) is 7.68. The van der Waals surface area contributed by atoms with Crippen LogP contribution in [0.1, 0.15) is 16.7 Å². The molecular weight excluding hydrogens is 596 g/mol. The molecule has 1 aliphatic rings. The van der Waals surface area contributed by atoms with Crippen LogP contribution in [-0.4, -0.2) is 24.0 Å². The van der Waals surface area contributed by atoms with E-state index in [9.17, 15) is 9.59 Å². The lowest BCUT2D eigenvalue weighted by Crippen LogP contribution is -2.54. The normalized spacial score (nSPS) is 14.8. The van der Waals surface area contributed by atoms with Crippen molar-refractivity contribution in [3.63, 3.8) is 0 Å². The van der Waals surface area contributed by atoms with Gasteiger partial charge in [-0.3, -0.25) is 19.8 Å². The quantitative estimate of drug-likeness (QED) is 0.211. The summed E-state index contributed by atoms with van der Waals surface area (Å²) in [5.74, 6) is -0.0363. The number of aryl methyl sites for hydroxylation is 1. The van der Waals surface area contributed by atoms with Crippen molar-refractivity contribution in [1.29, 1.82) is 0 Å². The molecule has 0 atom stereocenters. The van der Waals surface area contributed by atoms with Gasteiger partial charge >= 0.3 is 0 Å². The lowest BCUT2D eigenvalue weighted by molar-refractivity contribution is -0.122. The summed E-state index contributed by atoms with van der Waals surface area (Å²) >= 11 is 12.3. The van der Waals surface area contributed by atoms with E-state index in [0.717, 1.165) is 20.1 Å². The molecule has 1 N–H and O–H groups in total. The van der Waals surface area contributed by atoms with Crippen LogP contribution in [0.5, 0.6) is 11.5 Å². The maximum absolute atomic E-state index is 13.3. The molecule has 1 heterocycles. The molecule has 2 amide bonds. The number of amides is 2. The van der Waals surface area contributed by atoms with Crippen LogP contribution < -0.4 is 19.7 Å². The molecule has 1 aliphatic heterocycles. The van der Waals surface area contributed by atoms with Gasteiger partial charge in [-0.2, -0.15) is 0 Å². The minimum absolute atomic E-state index is 0.0311. The van der Waals surface area contributed by atoms with E-state index in [0.29, 0.717) is 29.4 Å². The van der Waals surface area contributed by atoms with Crippen molar-refractivity contribution in [2.45, 2.75) is 13.5 Å². The third-order valence-corrected chi connectivity index (χ3v) is 6.87. The Morgan fingerprint density at radius 3 is 2.51 bits per heavy atom. The Morgan fingerprint density at radius 1 is 1.03 bits per heavy atom.